The normalized spacial score (nSPS) is 10.6. The van der Waals surface area contributed by atoms with Gasteiger partial charge in [-0.2, -0.15) is 10.1 Å². The number of rotatable bonds is 7. The minimum Gasteiger partial charge on any atom is -0.350 e. The van der Waals surface area contributed by atoms with Crippen LogP contribution in [0.4, 0.5) is 4.39 Å². The number of benzene rings is 1. The number of halogens is 2. The van der Waals surface area contributed by atoms with Gasteiger partial charge in [0.25, 0.3) is 5.91 Å². The molecule has 9 nitrogen and oxygen atoms in total. The summed E-state index contributed by atoms with van der Waals surface area (Å²) < 4.78 is 20.6. The lowest BCUT2D eigenvalue weighted by Crippen LogP contribution is -2.34. The van der Waals surface area contributed by atoms with E-state index in [2.05, 4.69) is 48.5 Å². The van der Waals surface area contributed by atoms with E-state index >= 15 is 0 Å². The lowest BCUT2D eigenvalue weighted by atomic mass is 10.2. The van der Waals surface area contributed by atoms with Gasteiger partial charge in [0, 0.05) is 24.8 Å². The summed E-state index contributed by atoms with van der Waals surface area (Å²) in [6.07, 6.45) is 3.49. The molecule has 0 aliphatic carbocycles. The number of hydrogen-bond donors (Lipinski definition) is 2. The van der Waals surface area contributed by atoms with Gasteiger partial charge in [0.05, 0.1) is 9.77 Å². The van der Waals surface area contributed by atoms with E-state index in [-0.39, 0.29) is 31.1 Å². The van der Waals surface area contributed by atoms with Crippen molar-refractivity contribution in [3.63, 3.8) is 0 Å². The highest BCUT2D eigenvalue weighted by Crippen LogP contribution is 2.05. The highest BCUT2D eigenvalue weighted by atomic mass is 127. The van der Waals surface area contributed by atoms with Crippen LogP contribution in [0.3, 0.4) is 0 Å². The molecule has 2 N–H and O–H groups in total. The van der Waals surface area contributed by atoms with Crippen LogP contribution in [0, 0.1) is 9.39 Å². The maximum atomic E-state index is 13.1. The van der Waals surface area contributed by atoms with Crippen molar-refractivity contribution in [1.29, 1.82) is 0 Å². The Kier molecular flexibility index (Phi) is 6.11. The Labute approximate surface area is 166 Å². The molecule has 11 heteroatoms. The summed E-state index contributed by atoms with van der Waals surface area (Å²) in [5, 5.41) is 13.0. The van der Waals surface area contributed by atoms with Crippen molar-refractivity contribution in [3.05, 3.63) is 63.3 Å². The first-order valence-electron chi connectivity index (χ1n) is 7.84. The molecular weight excluding hydrogens is 470 g/mol. The molecule has 0 unspecified atom stereocenters. The van der Waals surface area contributed by atoms with Gasteiger partial charge < -0.3 is 15.2 Å². The number of nitrogens with one attached hydrogen (secondary N) is 2. The zero-order valence-corrected chi connectivity index (χ0v) is 16.0. The van der Waals surface area contributed by atoms with Crippen LogP contribution in [0.25, 0.3) is 0 Å². The zero-order chi connectivity index (χ0) is 19.2. The van der Waals surface area contributed by atoms with E-state index in [1.54, 1.807) is 17.1 Å². The van der Waals surface area contributed by atoms with Crippen molar-refractivity contribution in [1.82, 2.24) is 30.6 Å². The second-order valence-electron chi connectivity index (χ2n) is 5.39. The van der Waals surface area contributed by atoms with Crippen LogP contribution in [0.2, 0.25) is 0 Å². The summed E-state index contributed by atoms with van der Waals surface area (Å²) in [6, 6.07) is 5.33. The highest BCUT2D eigenvalue weighted by Gasteiger charge is 2.15. The number of nitrogens with zero attached hydrogens (tertiary/aromatic N) is 4. The maximum Gasteiger partial charge on any atom is 0.316 e. The van der Waals surface area contributed by atoms with Crippen molar-refractivity contribution >= 4 is 34.4 Å². The van der Waals surface area contributed by atoms with Crippen molar-refractivity contribution in [2.75, 3.05) is 13.1 Å². The largest absolute Gasteiger partial charge is 0.350 e. The number of aromatic nitrogens is 4. The van der Waals surface area contributed by atoms with Gasteiger partial charge in [-0.1, -0.05) is 11.2 Å². The highest BCUT2D eigenvalue weighted by molar-refractivity contribution is 14.1. The maximum absolute atomic E-state index is 13.1. The molecule has 0 saturated carbocycles. The van der Waals surface area contributed by atoms with Gasteiger partial charge in [-0.15, -0.1) is 0 Å². The van der Waals surface area contributed by atoms with Crippen LogP contribution in [0.5, 0.6) is 0 Å². The molecule has 2 amide bonds. The average Bonchev–Trinajstić information content (AvgIpc) is 3.28. The monoisotopic (exact) mass is 484 g/mol. The summed E-state index contributed by atoms with van der Waals surface area (Å²) in [7, 11) is 0. The fourth-order valence-electron chi connectivity index (χ4n) is 2.14. The molecule has 1 aromatic carbocycles. The van der Waals surface area contributed by atoms with E-state index in [4.69, 9.17) is 4.52 Å². The Bertz CT molecular complexity index is 957. The molecule has 2 heterocycles. The third-order valence-corrected chi connectivity index (χ3v) is 3.91. The summed E-state index contributed by atoms with van der Waals surface area (Å²) in [5.74, 6) is -1.34. The Morgan fingerprint density at radius 2 is 2.00 bits per heavy atom. The number of hydrogen-bond acceptors (Lipinski definition) is 6. The first-order chi connectivity index (χ1) is 13.0. The van der Waals surface area contributed by atoms with Crippen LogP contribution in [-0.4, -0.2) is 44.8 Å². The van der Waals surface area contributed by atoms with E-state index < -0.39 is 17.6 Å². The number of amides is 2. The van der Waals surface area contributed by atoms with Crippen LogP contribution in [0.1, 0.15) is 26.9 Å². The number of carbonyl (C=O) groups excluding carboxylic acids is 2. The standard InChI is InChI=1S/C16H14FIN6O3/c17-11-3-1-2-10(6-11)14(25)19-4-5-20-15(26)16-22-13(23-27-16)9-24-8-12(18)7-21-24/h1-3,6-8H,4-5,9H2,(H,19,25)(H,20,26). The van der Waals surface area contributed by atoms with Crippen molar-refractivity contribution in [2.45, 2.75) is 6.54 Å². The van der Waals surface area contributed by atoms with Crippen LogP contribution < -0.4 is 10.6 Å². The van der Waals surface area contributed by atoms with Crippen LogP contribution >= 0.6 is 22.6 Å². The molecule has 0 aliphatic rings. The predicted molar refractivity (Wildman–Crippen MR) is 99.4 cm³/mol. The van der Waals surface area contributed by atoms with E-state index in [0.717, 1.165) is 9.64 Å². The van der Waals surface area contributed by atoms with Gasteiger partial charge in [-0.3, -0.25) is 14.3 Å². The Morgan fingerprint density at radius 1 is 1.22 bits per heavy atom. The van der Waals surface area contributed by atoms with Gasteiger partial charge in [-0.05, 0) is 40.8 Å². The fourth-order valence-corrected chi connectivity index (χ4v) is 2.59. The lowest BCUT2D eigenvalue weighted by Gasteiger charge is -2.05. The molecular formula is C16H14FIN6O3. The van der Waals surface area contributed by atoms with Crippen LogP contribution in [0.15, 0.2) is 41.2 Å². The van der Waals surface area contributed by atoms with Gasteiger partial charge in [0.2, 0.25) is 0 Å². The zero-order valence-electron chi connectivity index (χ0n) is 13.9. The molecule has 0 fully saturated rings. The van der Waals surface area contributed by atoms with Crippen LogP contribution in [-0.2, 0) is 6.54 Å². The predicted octanol–water partition coefficient (Wildman–Crippen LogP) is 1.22. The smallest absolute Gasteiger partial charge is 0.316 e. The van der Waals surface area contributed by atoms with E-state index in [9.17, 15) is 14.0 Å². The molecule has 0 saturated heterocycles. The molecule has 27 heavy (non-hydrogen) atoms. The van der Waals surface area contributed by atoms with Gasteiger partial charge >= 0.3 is 11.8 Å². The molecule has 0 bridgehead atoms. The number of carbonyl (C=O) groups is 2. The Hall–Kier alpha value is -2.83. The van der Waals surface area contributed by atoms with Crippen molar-refractivity contribution < 1.29 is 18.5 Å². The molecule has 140 valence electrons. The Morgan fingerprint density at radius 3 is 2.70 bits per heavy atom. The second kappa shape index (κ2) is 8.70. The molecule has 0 spiro atoms. The quantitative estimate of drug-likeness (QED) is 0.385. The lowest BCUT2D eigenvalue weighted by molar-refractivity contribution is 0.0898. The van der Waals surface area contributed by atoms with Crippen molar-refractivity contribution in [3.8, 4) is 0 Å². The van der Waals surface area contributed by atoms with E-state index in [1.807, 2.05) is 0 Å². The summed E-state index contributed by atoms with van der Waals surface area (Å²) in [5.41, 5.74) is 0.205. The molecule has 2 aromatic heterocycles. The van der Waals surface area contributed by atoms with E-state index in [1.165, 1.54) is 18.2 Å². The molecule has 3 aromatic rings. The molecule has 0 aliphatic heterocycles. The fraction of sp³-hybridized carbons (Fsp3) is 0.188. The molecule has 3 rings (SSSR count). The minimum absolute atomic E-state index is 0.148. The van der Waals surface area contributed by atoms with Gasteiger partial charge in [0.15, 0.2) is 5.82 Å². The third-order valence-electron chi connectivity index (χ3n) is 3.35. The first-order valence-corrected chi connectivity index (χ1v) is 8.91. The van der Waals surface area contributed by atoms with Gasteiger partial charge in [0.1, 0.15) is 12.4 Å². The SMILES string of the molecule is O=C(NCCNC(=O)c1nc(Cn2cc(I)cn2)no1)c1cccc(F)c1. The first kappa shape index (κ1) is 18.9. The van der Waals surface area contributed by atoms with Gasteiger partial charge in [-0.25, -0.2) is 4.39 Å². The summed E-state index contributed by atoms with van der Waals surface area (Å²) in [4.78, 5) is 27.8. The van der Waals surface area contributed by atoms with E-state index in [0.29, 0.717) is 5.82 Å². The Balaban J connectivity index is 1.43. The minimum atomic E-state index is -0.552. The van der Waals surface area contributed by atoms with Crippen molar-refractivity contribution in [2.24, 2.45) is 0 Å². The average molecular weight is 484 g/mol. The topological polar surface area (TPSA) is 115 Å². The molecule has 0 atom stereocenters. The second-order valence-corrected chi connectivity index (χ2v) is 6.64. The third kappa shape index (κ3) is 5.32. The summed E-state index contributed by atoms with van der Waals surface area (Å²) in [6.45, 7) is 0.590. The summed E-state index contributed by atoms with van der Waals surface area (Å²) >= 11 is 2.13. The molecule has 0 radical (unpaired) electrons.